The highest BCUT2D eigenvalue weighted by Crippen LogP contribution is 2.42. The Kier molecular flexibility index (Phi) is 8.58. The fraction of sp³-hybridized carbons (Fsp3) is 0.762. The number of esters is 1. The second-order valence-corrected chi connectivity index (χ2v) is 6.97. The minimum Gasteiger partial charge on any atom is -0.483 e. The van der Waals surface area contributed by atoms with Gasteiger partial charge in [0.1, 0.15) is 11.4 Å². The van der Waals surface area contributed by atoms with E-state index in [1.54, 1.807) is 0 Å². The SMILES string of the molecule is CCC1=C[C@@](CC)(C[C@@H](CC)CC(CC)CC)O/C1=C/C(=O)OC. The van der Waals surface area contributed by atoms with Crippen LogP contribution in [0.25, 0.3) is 0 Å². The van der Waals surface area contributed by atoms with E-state index >= 15 is 0 Å². The van der Waals surface area contributed by atoms with Gasteiger partial charge < -0.3 is 9.47 Å². The maximum absolute atomic E-state index is 11.6. The molecule has 138 valence electrons. The first kappa shape index (κ1) is 20.8. The van der Waals surface area contributed by atoms with E-state index in [1.165, 1.54) is 38.9 Å². The Morgan fingerprint density at radius 3 is 2.25 bits per heavy atom. The number of carbonyl (C=O) groups excluding carboxylic acids is 1. The monoisotopic (exact) mass is 336 g/mol. The van der Waals surface area contributed by atoms with E-state index in [-0.39, 0.29) is 11.6 Å². The quantitative estimate of drug-likeness (QED) is 0.373. The molecule has 0 aromatic carbocycles. The highest BCUT2D eigenvalue weighted by molar-refractivity contribution is 5.83. The zero-order valence-electron chi connectivity index (χ0n) is 16.5. The Morgan fingerprint density at radius 2 is 1.79 bits per heavy atom. The summed E-state index contributed by atoms with van der Waals surface area (Å²) in [5.41, 5.74) is 0.859. The highest BCUT2D eigenvalue weighted by Gasteiger charge is 2.38. The summed E-state index contributed by atoms with van der Waals surface area (Å²) in [6.07, 6.45) is 11.5. The van der Waals surface area contributed by atoms with Crippen molar-refractivity contribution in [2.45, 2.75) is 85.2 Å². The van der Waals surface area contributed by atoms with Crippen LogP contribution in [0.15, 0.2) is 23.5 Å². The van der Waals surface area contributed by atoms with E-state index in [9.17, 15) is 4.79 Å². The van der Waals surface area contributed by atoms with Crippen LogP contribution in [0.4, 0.5) is 0 Å². The molecule has 0 saturated carbocycles. The summed E-state index contributed by atoms with van der Waals surface area (Å²) in [4.78, 5) is 11.6. The zero-order valence-corrected chi connectivity index (χ0v) is 16.5. The molecular weight excluding hydrogens is 300 g/mol. The number of ether oxygens (including phenoxy) is 2. The van der Waals surface area contributed by atoms with Crippen LogP contribution in [0.5, 0.6) is 0 Å². The zero-order chi connectivity index (χ0) is 18.2. The van der Waals surface area contributed by atoms with E-state index in [0.29, 0.717) is 11.7 Å². The second kappa shape index (κ2) is 9.90. The van der Waals surface area contributed by atoms with Gasteiger partial charge in [-0.3, -0.25) is 0 Å². The average Bonchev–Trinajstić information content (AvgIpc) is 2.96. The number of allylic oxidation sites excluding steroid dienone is 1. The van der Waals surface area contributed by atoms with E-state index in [1.807, 2.05) is 0 Å². The van der Waals surface area contributed by atoms with Crippen LogP contribution < -0.4 is 0 Å². The molecule has 3 nitrogen and oxygen atoms in total. The van der Waals surface area contributed by atoms with E-state index in [2.05, 4.69) is 40.7 Å². The molecule has 0 bridgehead atoms. The first-order chi connectivity index (χ1) is 11.5. The molecule has 0 N–H and O–H groups in total. The number of hydrogen-bond acceptors (Lipinski definition) is 3. The molecule has 0 fully saturated rings. The molecule has 1 aliphatic rings. The second-order valence-electron chi connectivity index (χ2n) is 6.97. The predicted molar refractivity (Wildman–Crippen MR) is 99.7 cm³/mol. The molecule has 2 atom stereocenters. The van der Waals surface area contributed by atoms with Gasteiger partial charge in [0, 0.05) is 0 Å². The summed E-state index contributed by atoms with van der Waals surface area (Å²) >= 11 is 0. The van der Waals surface area contributed by atoms with E-state index in [0.717, 1.165) is 30.8 Å². The van der Waals surface area contributed by atoms with Crippen molar-refractivity contribution in [3.8, 4) is 0 Å². The lowest BCUT2D eigenvalue weighted by Gasteiger charge is -2.32. The molecule has 0 amide bonds. The van der Waals surface area contributed by atoms with Crippen molar-refractivity contribution in [1.82, 2.24) is 0 Å². The molecule has 3 heteroatoms. The van der Waals surface area contributed by atoms with Crippen molar-refractivity contribution < 1.29 is 14.3 Å². The summed E-state index contributed by atoms with van der Waals surface area (Å²) in [6, 6.07) is 0. The molecule has 24 heavy (non-hydrogen) atoms. The van der Waals surface area contributed by atoms with Crippen molar-refractivity contribution in [2.24, 2.45) is 11.8 Å². The topological polar surface area (TPSA) is 35.5 Å². The van der Waals surface area contributed by atoms with Gasteiger partial charge in [-0.25, -0.2) is 4.79 Å². The van der Waals surface area contributed by atoms with E-state index in [4.69, 9.17) is 9.47 Å². The van der Waals surface area contributed by atoms with Crippen molar-refractivity contribution in [2.75, 3.05) is 7.11 Å². The van der Waals surface area contributed by atoms with Gasteiger partial charge in [-0.05, 0) is 49.2 Å². The van der Waals surface area contributed by atoms with Gasteiger partial charge >= 0.3 is 5.97 Å². The van der Waals surface area contributed by atoms with Crippen LogP contribution in [-0.4, -0.2) is 18.7 Å². The van der Waals surface area contributed by atoms with Gasteiger partial charge in [0.2, 0.25) is 0 Å². The average molecular weight is 337 g/mol. The molecule has 0 aromatic rings. The third-order valence-corrected chi connectivity index (χ3v) is 5.53. The van der Waals surface area contributed by atoms with Crippen molar-refractivity contribution >= 4 is 5.97 Å². The summed E-state index contributed by atoms with van der Waals surface area (Å²) < 4.78 is 11.1. The fourth-order valence-electron chi connectivity index (χ4n) is 3.66. The van der Waals surface area contributed by atoms with Crippen molar-refractivity contribution in [3.63, 3.8) is 0 Å². The number of carbonyl (C=O) groups is 1. The maximum atomic E-state index is 11.6. The first-order valence-corrected chi connectivity index (χ1v) is 9.68. The van der Waals surface area contributed by atoms with Gasteiger partial charge in [0.15, 0.2) is 0 Å². The summed E-state index contributed by atoms with van der Waals surface area (Å²) in [5, 5.41) is 0. The van der Waals surface area contributed by atoms with Gasteiger partial charge in [-0.15, -0.1) is 0 Å². The maximum Gasteiger partial charge on any atom is 0.334 e. The lowest BCUT2D eigenvalue weighted by atomic mass is 9.80. The van der Waals surface area contributed by atoms with Gasteiger partial charge in [-0.1, -0.05) is 53.9 Å². The normalized spacial score (nSPS) is 23.3. The Bertz CT molecular complexity index is 460. The molecule has 0 unspecified atom stereocenters. The minimum absolute atomic E-state index is 0.266. The molecular formula is C21H36O3. The largest absolute Gasteiger partial charge is 0.483 e. The van der Waals surface area contributed by atoms with Crippen LogP contribution in [0.1, 0.15) is 79.6 Å². The van der Waals surface area contributed by atoms with E-state index < -0.39 is 0 Å². The van der Waals surface area contributed by atoms with Gasteiger partial charge in [0.05, 0.1) is 13.2 Å². The molecule has 1 rings (SSSR count). The Labute approximate surface area is 148 Å². The number of rotatable bonds is 10. The predicted octanol–water partition coefficient (Wildman–Crippen LogP) is 5.80. The molecule has 0 saturated heterocycles. The third kappa shape index (κ3) is 5.39. The number of methoxy groups -OCH3 is 1. The number of hydrogen-bond donors (Lipinski definition) is 0. The van der Waals surface area contributed by atoms with Gasteiger partial charge in [-0.2, -0.15) is 0 Å². The fourth-order valence-corrected chi connectivity index (χ4v) is 3.66. The first-order valence-electron chi connectivity index (χ1n) is 9.68. The van der Waals surface area contributed by atoms with Crippen molar-refractivity contribution in [1.29, 1.82) is 0 Å². The highest BCUT2D eigenvalue weighted by atomic mass is 16.5. The van der Waals surface area contributed by atoms with Crippen LogP contribution >= 0.6 is 0 Å². The molecule has 0 aliphatic carbocycles. The van der Waals surface area contributed by atoms with Crippen LogP contribution in [0.2, 0.25) is 0 Å². The van der Waals surface area contributed by atoms with Gasteiger partial charge in [0.25, 0.3) is 0 Å². The molecule has 0 spiro atoms. The summed E-state index contributed by atoms with van der Waals surface area (Å²) in [7, 11) is 1.40. The lowest BCUT2D eigenvalue weighted by molar-refractivity contribution is -0.135. The van der Waals surface area contributed by atoms with Crippen LogP contribution in [0.3, 0.4) is 0 Å². The summed E-state index contributed by atoms with van der Waals surface area (Å²) in [6.45, 7) is 11.1. The third-order valence-electron chi connectivity index (χ3n) is 5.53. The molecule has 1 heterocycles. The Morgan fingerprint density at radius 1 is 1.17 bits per heavy atom. The Balaban J connectivity index is 2.95. The minimum atomic E-state index is -0.347. The lowest BCUT2D eigenvalue weighted by Crippen LogP contribution is -2.29. The molecule has 0 radical (unpaired) electrons. The molecule has 0 aromatic heterocycles. The summed E-state index contributed by atoms with van der Waals surface area (Å²) in [5.74, 6) is 1.80. The van der Waals surface area contributed by atoms with Crippen molar-refractivity contribution in [3.05, 3.63) is 23.5 Å². The Hall–Kier alpha value is -1.25. The van der Waals surface area contributed by atoms with Crippen LogP contribution in [-0.2, 0) is 14.3 Å². The smallest absolute Gasteiger partial charge is 0.334 e. The van der Waals surface area contributed by atoms with Crippen LogP contribution in [0, 0.1) is 11.8 Å². The standard InChI is InChI=1S/C21H36O3/c1-7-16(8-2)12-17(9-3)14-21(11-5)15-18(10-4)19(24-21)13-20(22)23-6/h13,15-17H,7-12,14H2,1-6H3/b19-13+/t17-,21+/m0/s1. The molecule has 1 aliphatic heterocycles.